The number of aryl methyl sites for hydroxylation is 1. The van der Waals surface area contributed by atoms with Gasteiger partial charge < -0.3 is 24.3 Å². The van der Waals surface area contributed by atoms with Gasteiger partial charge in [-0.05, 0) is 54.4 Å². The highest BCUT2D eigenvalue weighted by Gasteiger charge is 2.39. The largest absolute Gasteiger partial charge is 0.478 e. The number of hydrogen-bond acceptors (Lipinski definition) is 6. The minimum atomic E-state index is -1.06. The highest BCUT2D eigenvalue weighted by molar-refractivity contribution is 5.92. The molecule has 0 unspecified atom stereocenters. The fourth-order valence-electron chi connectivity index (χ4n) is 5.17. The molecule has 1 saturated heterocycles. The summed E-state index contributed by atoms with van der Waals surface area (Å²) in [6.45, 7) is 2.78. The normalized spacial score (nSPS) is 14.0. The first-order chi connectivity index (χ1) is 20.7. The molecule has 0 saturated carbocycles. The Kier molecular flexibility index (Phi) is 7.64. The summed E-state index contributed by atoms with van der Waals surface area (Å²) in [5.74, 6) is -1.04. The van der Waals surface area contributed by atoms with Crippen LogP contribution in [-0.4, -0.2) is 50.5 Å². The monoisotopic (exact) mass is 585 g/mol. The van der Waals surface area contributed by atoms with Gasteiger partial charge in [-0.3, -0.25) is 0 Å². The smallest absolute Gasteiger partial charge is 0.335 e. The van der Waals surface area contributed by atoms with Gasteiger partial charge in [-0.1, -0.05) is 30.3 Å². The van der Waals surface area contributed by atoms with E-state index in [2.05, 4.69) is 4.98 Å². The number of aromatic carboxylic acids is 1. The standard InChI is InChI=1S/C33H29F2N3O5/c1-20-5-6-24(25(34)11-20)15-43-31-4-2-3-27(37-31)22-8-7-21(26(35)12-22)14-30-36-28-10-9-23(32(40)41)13-29(28)38(30)16-33(17-39)18-42-19-33/h2-13,39H,14-19H2,1H3,(H,40,41). The van der Waals surface area contributed by atoms with E-state index in [0.717, 1.165) is 5.56 Å². The molecule has 3 aromatic carbocycles. The van der Waals surface area contributed by atoms with Crippen molar-refractivity contribution in [2.45, 2.75) is 26.5 Å². The van der Waals surface area contributed by atoms with Crippen LogP contribution in [0.1, 0.15) is 32.9 Å². The molecule has 0 spiro atoms. The molecule has 8 nitrogen and oxygen atoms in total. The molecule has 0 atom stereocenters. The summed E-state index contributed by atoms with van der Waals surface area (Å²) >= 11 is 0. The maximum Gasteiger partial charge on any atom is 0.335 e. The molecule has 5 aromatic rings. The molecule has 6 rings (SSSR count). The van der Waals surface area contributed by atoms with E-state index in [4.69, 9.17) is 14.5 Å². The molecule has 0 amide bonds. The number of aromatic nitrogens is 3. The first-order valence-corrected chi connectivity index (χ1v) is 13.8. The van der Waals surface area contributed by atoms with E-state index in [0.29, 0.717) is 59.0 Å². The molecule has 1 fully saturated rings. The van der Waals surface area contributed by atoms with Crippen molar-refractivity contribution in [3.05, 3.63) is 113 Å². The summed E-state index contributed by atoms with van der Waals surface area (Å²) in [6.07, 6.45) is 0.143. The second-order valence-corrected chi connectivity index (χ2v) is 11.0. The number of fused-ring (bicyclic) bond motifs is 1. The number of carboxylic acids is 1. The number of imidazole rings is 1. The van der Waals surface area contributed by atoms with Gasteiger partial charge in [-0.25, -0.2) is 23.5 Å². The van der Waals surface area contributed by atoms with E-state index in [1.165, 1.54) is 18.2 Å². The fraction of sp³-hybridized carbons (Fsp3) is 0.242. The Hall–Kier alpha value is -4.67. The Labute approximate surface area is 246 Å². The lowest BCUT2D eigenvalue weighted by atomic mass is 9.86. The molecule has 0 bridgehead atoms. The van der Waals surface area contributed by atoms with E-state index >= 15 is 4.39 Å². The van der Waals surface area contributed by atoms with Crippen molar-refractivity contribution >= 4 is 17.0 Å². The number of nitrogens with zero attached hydrogens (tertiary/aromatic N) is 3. The van der Waals surface area contributed by atoms with Crippen LogP contribution in [0.25, 0.3) is 22.3 Å². The first-order valence-electron chi connectivity index (χ1n) is 13.8. The predicted molar refractivity (Wildman–Crippen MR) is 155 cm³/mol. The molecule has 220 valence electrons. The zero-order chi connectivity index (χ0) is 30.1. The van der Waals surface area contributed by atoms with Gasteiger partial charge in [0, 0.05) is 30.2 Å². The van der Waals surface area contributed by atoms with Crippen LogP contribution in [0.2, 0.25) is 0 Å². The summed E-state index contributed by atoms with van der Waals surface area (Å²) < 4.78 is 42.7. The van der Waals surface area contributed by atoms with E-state index in [1.807, 2.05) is 17.6 Å². The summed E-state index contributed by atoms with van der Waals surface area (Å²) in [4.78, 5) is 20.8. The van der Waals surface area contributed by atoms with Gasteiger partial charge in [-0.2, -0.15) is 0 Å². The Morgan fingerprint density at radius 1 is 1.00 bits per heavy atom. The van der Waals surface area contributed by atoms with Gasteiger partial charge in [0.2, 0.25) is 5.88 Å². The summed E-state index contributed by atoms with van der Waals surface area (Å²) in [5, 5.41) is 19.6. The summed E-state index contributed by atoms with van der Waals surface area (Å²) in [6, 6.07) is 19.6. The molecule has 2 N–H and O–H groups in total. The number of pyridine rings is 1. The van der Waals surface area contributed by atoms with Gasteiger partial charge in [0.1, 0.15) is 24.1 Å². The van der Waals surface area contributed by atoms with Gasteiger partial charge in [0.05, 0.1) is 47.5 Å². The van der Waals surface area contributed by atoms with Crippen molar-refractivity contribution in [2.75, 3.05) is 19.8 Å². The van der Waals surface area contributed by atoms with Crippen LogP contribution in [0.4, 0.5) is 8.78 Å². The first kappa shape index (κ1) is 28.4. The molecule has 43 heavy (non-hydrogen) atoms. The number of halogens is 2. The minimum absolute atomic E-state index is 0.00845. The highest BCUT2D eigenvalue weighted by Crippen LogP contribution is 2.33. The topological polar surface area (TPSA) is 107 Å². The molecule has 2 aromatic heterocycles. The fourth-order valence-corrected chi connectivity index (χ4v) is 5.17. The summed E-state index contributed by atoms with van der Waals surface area (Å²) in [5.41, 5.74) is 3.43. The Balaban J connectivity index is 1.26. The molecule has 1 aliphatic heterocycles. The number of rotatable bonds is 10. The van der Waals surface area contributed by atoms with Crippen LogP contribution in [0.15, 0.2) is 72.8 Å². The van der Waals surface area contributed by atoms with E-state index in [1.54, 1.807) is 48.5 Å². The third-order valence-electron chi connectivity index (χ3n) is 7.72. The van der Waals surface area contributed by atoms with Gasteiger partial charge >= 0.3 is 5.97 Å². The van der Waals surface area contributed by atoms with Gasteiger partial charge in [0.15, 0.2) is 0 Å². The van der Waals surface area contributed by atoms with Crippen molar-refractivity contribution < 1.29 is 33.3 Å². The zero-order valence-electron chi connectivity index (χ0n) is 23.4. The van der Waals surface area contributed by atoms with Gasteiger partial charge in [0.25, 0.3) is 0 Å². The van der Waals surface area contributed by atoms with Crippen LogP contribution in [0.3, 0.4) is 0 Å². The Bertz CT molecular complexity index is 1830. The van der Waals surface area contributed by atoms with Crippen LogP contribution in [0, 0.1) is 24.0 Å². The van der Waals surface area contributed by atoms with Crippen LogP contribution < -0.4 is 4.74 Å². The number of carboxylic acid groups (broad SMARTS) is 1. The quantitative estimate of drug-likeness (QED) is 0.221. The lowest BCUT2D eigenvalue weighted by Crippen LogP contribution is -2.48. The molecule has 0 radical (unpaired) electrons. The zero-order valence-corrected chi connectivity index (χ0v) is 23.4. The third-order valence-corrected chi connectivity index (χ3v) is 7.72. The molecular formula is C33H29F2N3O5. The van der Waals surface area contributed by atoms with Gasteiger partial charge in [-0.15, -0.1) is 0 Å². The molecular weight excluding hydrogens is 556 g/mol. The van der Waals surface area contributed by atoms with Crippen molar-refractivity contribution in [3.8, 4) is 17.1 Å². The second kappa shape index (κ2) is 11.5. The van der Waals surface area contributed by atoms with E-state index in [-0.39, 0.29) is 36.9 Å². The average Bonchev–Trinajstić information content (AvgIpc) is 3.31. The van der Waals surface area contributed by atoms with E-state index < -0.39 is 17.2 Å². The highest BCUT2D eigenvalue weighted by atomic mass is 19.1. The third kappa shape index (κ3) is 5.84. The second-order valence-electron chi connectivity index (χ2n) is 11.0. The van der Waals surface area contributed by atoms with Crippen molar-refractivity contribution in [2.24, 2.45) is 5.41 Å². The molecule has 10 heteroatoms. The minimum Gasteiger partial charge on any atom is -0.478 e. The van der Waals surface area contributed by atoms with Crippen molar-refractivity contribution in [1.82, 2.24) is 14.5 Å². The maximum absolute atomic E-state index is 15.5. The Morgan fingerprint density at radius 3 is 2.49 bits per heavy atom. The Morgan fingerprint density at radius 2 is 1.79 bits per heavy atom. The molecule has 1 aliphatic rings. The SMILES string of the molecule is Cc1ccc(COc2cccc(-c3ccc(Cc4nc5ccc(C(=O)O)cc5n4CC4(CO)COC4)c(F)c3)n2)c(F)c1. The number of benzene rings is 3. The lowest BCUT2D eigenvalue weighted by Gasteiger charge is -2.40. The number of aliphatic hydroxyl groups excluding tert-OH is 1. The number of ether oxygens (including phenoxy) is 2. The lowest BCUT2D eigenvalue weighted by molar-refractivity contribution is -0.144. The molecule has 3 heterocycles. The number of aliphatic hydroxyl groups is 1. The maximum atomic E-state index is 15.5. The van der Waals surface area contributed by atoms with Crippen LogP contribution >= 0.6 is 0 Å². The van der Waals surface area contributed by atoms with Crippen molar-refractivity contribution in [1.29, 1.82) is 0 Å². The molecule has 0 aliphatic carbocycles. The predicted octanol–water partition coefficient (Wildman–Crippen LogP) is 5.56. The van der Waals surface area contributed by atoms with Crippen molar-refractivity contribution in [3.63, 3.8) is 0 Å². The van der Waals surface area contributed by atoms with E-state index in [9.17, 15) is 19.4 Å². The number of carbonyl (C=O) groups is 1. The summed E-state index contributed by atoms with van der Waals surface area (Å²) in [7, 11) is 0. The average molecular weight is 586 g/mol. The number of hydrogen-bond donors (Lipinski definition) is 2. The van der Waals surface area contributed by atoms with Crippen LogP contribution in [-0.2, 0) is 24.3 Å². The van der Waals surface area contributed by atoms with Crippen LogP contribution in [0.5, 0.6) is 5.88 Å².